The lowest BCUT2D eigenvalue weighted by Gasteiger charge is -2.30. The maximum absolute atomic E-state index is 10.8. The van der Waals surface area contributed by atoms with Crippen molar-refractivity contribution in [2.24, 2.45) is 0 Å². The highest BCUT2D eigenvalue weighted by molar-refractivity contribution is 5.33. The molecular formula is C26H40N4O5+2. The molecule has 35 heavy (non-hydrogen) atoms. The highest BCUT2D eigenvalue weighted by Crippen LogP contribution is 2.17. The molecule has 2 aromatic carbocycles. The molecule has 0 saturated carbocycles. The second kappa shape index (κ2) is 13.3. The topological polar surface area (TPSA) is 95.5 Å². The number of unbranched alkanes of at least 4 members (excludes halogenated alkanes) is 2. The summed E-state index contributed by atoms with van der Waals surface area (Å²) in [6.45, 7) is 5.25. The van der Waals surface area contributed by atoms with E-state index in [4.69, 9.17) is 4.74 Å². The summed E-state index contributed by atoms with van der Waals surface area (Å²) in [6.07, 6.45) is 4.17. The van der Waals surface area contributed by atoms with Crippen LogP contribution in [0.15, 0.2) is 48.5 Å². The first kappa shape index (κ1) is 28.4. The summed E-state index contributed by atoms with van der Waals surface area (Å²) < 4.78 is 7.50. The predicted molar refractivity (Wildman–Crippen MR) is 137 cm³/mol. The van der Waals surface area contributed by atoms with Crippen LogP contribution < -0.4 is 0 Å². The first-order chi connectivity index (χ1) is 16.5. The van der Waals surface area contributed by atoms with Crippen molar-refractivity contribution in [3.63, 3.8) is 0 Å². The minimum Gasteiger partial charge on any atom is -0.381 e. The molecule has 0 N–H and O–H groups in total. The fourth-order valence-corrected chi connectivity index (χ4v) is 4.18. The smallest absolute Gasteiger partial charge is 0.269 e. The number of hydrogen-bond donors (Lipinski definition) is 0. The Hall–Kier alpha value is -2.88. The number of ether oxygens (including phenoxy) is 1. The summed E-state index contributed by atoms with van der Waals surface area (Å²) in [4.78, 5) is 20.8. The zero-order chi connectivity index (χ0) is 25.9. The maximum atomic E-state index is 10.8. The van der Waals surface area contributed by atoms with Crippen molar-refractivity contribution in [1.29, 1.82) is 0 Å². The Morgan fingerprint density at radius 2 is 0.971 bits per heavy atom. The molecule has 0 amide bonds. The van der Waals surface area contributed by atoms with Crippen LogP contribution in [0.4, 0.5) is 11.4 Å². The van der Waals surface area contributed by atoms with Gasteiger partial charge in [-0.25, -0.2) is 0 Å². The summed E-state index contributed by atoms with van der Waals surface area (Å²) in [5.74, 6) is 0. The van der Waals surface area contributed by atoms with E-state index in [0.29, 0.717) is 0 Å². The van der Waals surface area contributed by atoms with Crippen LogP contribution in [0.1, 0.15) is 36.8 Å². The van der Waals surface area contributed by atoms with Gasteiger partial charge in [-0.3, -0.25) is 20.2 Å². The lowest BCUT2D eigenvalue weighted by molar-refractivity contribution is -0.903. The number of non-ortho nitro benzene ring substituents is 2. The van der Waals surface area contributed by atoms with E-state index < -0.39 is 0 Å². The predicted octanol–water partition coefficient (Wildman–Crippen LogP) is 4.93. The van der Waals surface area contributed by atoms with Crippen molar-refractivity contribution in [3.05, 3.63) is 79.9 Å². The minimum absolute atomic E-state index is 0.128. The quantitative estimate of drug-likeness (QED) is 0.144. The van der Waals surface area contributed by atoms with Gasteiger partial charge in [0.25, 0.3) is 11.4 Å². The molecule has 0 aliphatic carbocycles. The third-order valence-corrected chi connectivity index (χ3v) is 6.12. The highest BCUT2D eigenvalue weighted by atomic mass is 16.6. The average Bonchev–Trinajstić information content (AvgIpc) is 2.78. The second-order valence-electron chi connectivity index (χ2n) is 10.5. The van der Waals surface area contributed by atoms with Gasteiger partial charge in [0.1, 0.15) is 13.1 Å². The summed E-state index contributed by atoms with van der Waals surface area (Å²) in [7, 11) is 8.72. The third kappa shape index (κ3) is 10.9. The number of nitro benzene ring substituents is 2. The van der Waals surface area contributed by atoms with E-state index in [1.807, 2.05) is 24.3 Å². The van der Waals surface area contributed by atoms with Gasteiger partial charge in [0.15, 0.2) is 0 Å². The Morgan fingerprint density at radius 3 is 1.29 bits per heavy atom. The number of nitrogens with zero attached hydrogens (tertiary/aromatic N) is 4. The normalized spacial score (nSPS) is 12.0. The minimum atomic E-state index is -0.369. The zero-order valence-corrected chi connectivity index (χ0v) is 21.5. The van der Waals surface area contributed by atoms with E-state index in [9.17, 15) is 20.2 Å². The molecule has 2 rings (SSSR count). The van der Waals surface area contributed by atoms with Crippen molar-refractivity contribution in [1.82, 2.24) is 0 Å². The van der Waals surface area contributed by atoms with E-state index in [-0.39, 0.29) is 21.2 Å². The standard InChI is InChI=1S/C26H40N4O5/c1-29(2,21-23-9-13-25(14-10-23)27(31)32)17-5-7-19-35-20-8-6-18-30(3,4)22-24-11-15-26(16-12-24)28(33)34/h9-16H,5-8,17-22H2,1-4H3/q+2. The van der Waals surface area contributed by atoms with E-state index >= 15 is 0 Å². The molecule has 0 fully saturated rings. The Bertz CT molecular complexity index is 866. The molecule has 0 saturated heterocycles. The van der Waals surface area contributed by atoms with Crippen molar-refractivity contribution in [3.8, 4) is 0 Å². The molecule has 0 spiro atoms. The van der Waals surface area contributed by atoms with Gasteiger partial charge in [-0.15, -0.1) is 0 Å². The van der Waals surface area contributed by atoms with Gasteiger partial charge < -0.3 is 13.7 Å². The van der Waals surface area contributed by atoms with Crippen LogP contribution in [0.2, 0.25) is 0 Å². The van der Waals surface area contributed by atoms with Gasteiger partial charge in [0, 0.05) is 48.6 Å². The highest BCUT2D eigenvalue weighted by Gasteiger charge is 2.17. The molecule has 0 bridgehead atoms. The van der Waals surface area contributed by atoms with E-state index in [1.54, 1.807) is 24.3 Å². The second-order valence-corrected chi connectivity index (χ2v) is 10.5. The first-order valence-corrected chi connectivity index (χ1v) is 12.2. The van der Waals surface area contributed by atoms with Crippen LogP contribution in [0.5, 0.6) is 0 Å². The fraction of sp³-hybridized carbons (Fsp3) is 0.538. The van der Waals surface area contributed by atoms with Crippen molar-refractivity contribution >= 4 is 11.4 Å². The zero-order valence-electron chi connectivity index (χ0n) is 21.5. The van der Waals surface area contributed by atoms with E-state index in [2.05, 4.69) is 28.2 Å². The van der Waals surface area contributed by atoms with E-state index in [0.717, 1.165) is 85.2 Å². The van der Waals surface area contributed by atoms with Crippen LogP contribution in [0, 0.1) is 20.2 Å². The Labute approximate surface area is 208 Å². The summed E-state index contributed by atoms with van der Waals surface area (Å²) in [6, 6.07) is 13.6. The largest absolute Gasteiger partial charge is 0.381 e. The van der Waals surface area contributed by atoms with E-state index in [1.165, 1.54) is 0 Å². The van der Waals surface area contributed by atoms with Crippen LogP contribution in [-0.4, -0.2) is 73.3 Å². The van der Waals surface area contributed by atoms with Gasteiger partial charge in [-0.1, -0.05) is 0 Å². The number of benzene rings is 2. The van der Waals surface area contributed by atoms with Gasteiger partial charge in [0.2, 0.25) is 0 Å². The van der Waals surface area contributed by atoms with Crippen LogP contribution in [0.3, 0.4) is 0 Å². The van der Waals surface area contributed by atoms with Crippen molar-refractivity contribution in [2.45, 2.75) is 38.8 Å². The van der Waals surface area contributed by atoms with Gasteiger partial charge in [-0.05, 0) is 49.9 Å². The van der Waals surface area contributed by atoms with Crippen LogP contribution >= 0.6 is 0 Å². The summed E-state index contributed by atoms with van der Waals surface area (Å²) in [5, 5.41) is 21.6. The van der Waals surface area contributed by atoms with Gasteiger partial charge in [0.05, 0.1) is 51.1 Å². The molecule has 0 aliphatic rings. The Morgan fingerprint density at radius 1 is 0.629 bits per heavy atom. The molecule has 0 atom stereocenters. The van der Waals surface area contributed by atoms with Gasteiger partial charge >= 0.3 is 0 Å². The SMILES string of the molecule is C[N+](C)(CCCCOCCCC[N+](C)(C)Cc1ccc([N+](=O)[O-])cc1)Cc1ccc([N+](=O)[O-])cc1. The third-order valence-electron chi connectivity index (χ3n) is 6.12. The number of quaternary nitrogens is 2. The molecule has 0 aromatic heterocycles. The molecule has 2 aromatic rings. The lowest BCUT2D eigenvalue weighted by Crippen LogP contribution is -2.39. The Kier molecular flexibility index (Phi) is 10.8. The molecule has 0 unspecified atom stereocenters. The molecule has 0 heterocycles. The first-order valence-electron chi connectivity index (χ1n) is 12.2. The van der Waals surface area contributed by atoms with Crippen LogP contribution in [-0.2, 0) is 17.8 Å². The lowest BCUT2D eigenvalue weighted by atomic mass is 10.1. The van der Waals surface area contributed by atoms with Crippen molar-refractivity contribution < 1.29 is 23.5 Å². The average molecular weight is 489 g/mol. The molecule has 9 nitrogen and oxygen atoms in total. The molecule has 0 radical (unpaired) electrons. The summed E-state index contributed by atoms with van der Waals surface area (Å²) >= 11 is 0. The molecule has 192 valence electrons. The van der Waals surface area contributed by atoms with Crippen LogP contribution in [0.25, 0.3) is 0 Å². The van der Waals surface area contributed by atoms with Gasteiger partial charge in [-0.2, -0.15) is 0 Å². The molecular weight excluding hydrogens is 448 g/mol. The fourth-order valence-electron chi connectivity index (χ4n) is 4.18. The molecule has 0 aliphatic heterocycles. The van der Waals surface area contributed by atoms with Crippen molar-refractivity contribution in [2.75, 3.05) is 54.5 Å². The number of hydrogen-bond acceptors (Lipinski definition) is 5. The number of rotatable bonds is 16. The maximum Gasteiger partial charge on any atom is 0.269 e. The molecule has 9 heteroatoms. The monoisotopic (exact) mass is 488 g/mol. The summed E-state index contributed by atoms with van der Waals surface area (Å²) in [5.41, 5.74) is 2.46. The number of nitro groups is 2. The Balaban J connectivity index is 1.55.